The summed E-state index contributed by atoms with van der Waals surface area (Å²) in [5.41, 5.74) is 1.98. The standard InChI is InChI=1S/C20H21N3O2S/c1-24-17-10-8-15(9-11-17)18-21-19(23-22-18)26-14-20(12-5-13-25-20)16-6-3-2-4-7-16/h2-4,6-11H,5,12-14H2,1H3,(H,21,22,23). The number of nitrogens with zero attached hydrogens (tertiary/aromatic N) is 2. The lowest BCUT2D eigenvalue weighted by atomic mass is 9.93. The van der Waals surface area contributed by atoms with Crippen molar-refractivity contribution in [2.75, 3.05) is 19.5 Å². The van der Waals surface area contributed by atoms with Crippen LogP contribution in [0.3, 0.4) is 0 Å². The Labute approximate surface area is 157 Å². The van der Waals surface area contributed by atoms with Crippen molar-refractivity contribution < 1.29 is 9.47 Å². The van der Waals surface area contributed by atoms with Gasteiger partial charge in [-0.25, -0.2) is 4.98 Å². The average molecular weight is 367 g/mol. The van der Waals surface area contributed by atoms with Gasteiger partial charge in [-0.15, -0.1) is 5.10 Å². The topological polar surface area (TPSA) is 60.0 Å². The Balaban J connectivity index is 1.48. The van der Waals surface area contributed by atoms with Crippen LogP contribution in [0.5, 0.6) is 5.75 Å². The molecule has 1 aromatic heterocycles. The molecule has 2 aromatic carbocycles. The van der Waals surface area contributed by atoms with Crippen LogP contribution in [0.2, 0.25) is 0 Å². The molecule has 1 N–H and O–H groups in total. The zero-order valence-corrected chi connectivity index (χ0v) is 15.5. The zero-order chi connectivity index (χ0) is 17.8. The third-order valence-electron chi connectivity index (χ3n) is 4.67. The molecule has 1 aliphatic heterocycles. The van der Waals surface area contributed by atoms with Crippen LogP contribution in [0, 0.1) is 0 Å². The van der Waals surface area contributed by atoms with Crippen LogP contribution in [0.15, 0.2) is 59.8 Å². The number of aromatic nitrogens is 3. The zero-order valence-electron chi connectivity index (χ0n) is 14.6. The number of H-pyrrole nitrogens is 1. The largest absolute Gasteiger partial charge is 0.497 e. The Hall–Kier alpha value is -2.31. The van der Waals surface area contributed by atoms with Crippen LogP contribution >= 0.6 is 11.8 Å². The monoisotopic (exact) mass is 367 g/mol. The summed E-state index contributed by atoms with van der Waals surface area (Å²) in [6.07, 6.45) is 2.11. The first-order valence-electron chi connectivity index (χ1n) is 8.68. The maximum atomic E-state index is 6.16. The molecule has 4 rings (SSSR count). The molecule has 0 spiro atoms. The van der Waals surface area contributed by atoms with E-state index in [2.05, 4.69) is 39.4 Å². The van der Waals surface area contributed by atoms with Gasteiger partial charge in [0.25, 0.3) is 0 Å². The lowest BCUT2D eigenvalue weighted by Crippen LogP contribution is -2.27. The fourth-order valence-corrected chi connectivity index (χ4v) is 4.26. The van der Waals surface area contributed by atoms with Crippen LogP contribution in [-0.2, 0) is 10.3 Å². The molecule has 134 valence electrons. The first-order chi connectivity index (χ1) is 12.8. The molecule has 5 nitrogen and oxygen atoms in total. The number of benzene rings is 2. The normalized spacial score (nSPS) is 19.6. The molecular formula is C20H21N3O2S. The van der Waals surface area contributed by atoms with E-state index in [-0.39, 0.29) is 5.60 Å². The van der Waals surface area contributed by atoms with E-state index in [1.54, 1.807) is 18.9 Å². The number of thioether (sulfide) groups is 1. The van der Waals surface area contributed by atoms with Gasteiger partial charge in [0.1, 0.15) is 11.4 Å². The number of methoxy groups -OCH3 is 1. The van der Waals surface area contributed by atoms with Crippen molar-refractivity contribution in [3.63, 3.8) is 0 Å². The second-order valence-corrected chi connectivity index (χ2v) is 7.24. The number of hydrogen-bond acceptors (Lipinski definition) is 5. The van der Waals surface area contributed by atoms with Gasteiger partial charge in [0.05, 0.1) is 7.11 Å². The molecule has 6 heteroatoms. The van der Waals surface area contributed by atoms with Crippen molar-refractivity contribution >= 4 is 11.8 Å². The second kappa shape index (κ2) is 7.51. The maximum Gasteiger partial charge on any atom is 0.208 e. The van der Waals surface area contributed by atoms with E-state index in [1.165, 1.54) is 5.56 Å². The number of aromatic amines is 1. The molecule has 0 saturated carbocycles. The first kappa shape index (κ1) is 17.1. The summed E-state index contributed by atoms with van der Waals surface area (Å²) in [4.78, 5) is 4.62. The van der Waals surface area contributed by atoms with Gasteiger partial charge in [-0.3, -0.25) is 5.10 Å². The first-order valence-corrected chi connectivity index (χ1v) is 9.67. The highest BCUT2D eigenvalue weighted by Crippen LogP contribution is 2.40. The van der Waals surface area contributed by atoms with E-state index in [0.717, 1.165) is 47.5 Å². The Morgan fingerprint density at radius 3 is 2.65 bits per heavy atom. The Kier molecular flexibility index (Phi) is 4.95. The van der Waals surface area contributed by atoms with Gasteiger partial charge >= 0.3 is 0 Å². The minimum absolute atomic E-state index is 0.243. The van der Waals surface area contributed by atoms with Crippen LogP contribution in [0.1, 0.15) is 18.4 Å². The number of hydrogen-bond donors (Lipinski definition) is 1. The van der Waals surface area contributed by atoms with Crippen molar-refractivity contribution in [1.29, 1.82) is 0 Å². The quantitative estimate of drug-likeness (QED) is 0.659. The van der Waals surface area contributed by atoms with Crippen LogP contribution in [0.25, 0.3) is 11.4 Å². The molecule has 26 heavy (non-hydrogen) atoms. The molecule has 1 unspecified atom stereocenters. The highest BCUT2D eigenvalue weighted by atomic mass is 32.2. The predicted octanol–water partition coefficient (Wildman–Crippen LogP) is 4.28. The van der Waals surface area contributed by atoms with Crippen molar-refractivity contribution in [3.8, 4) is 17.1 Å². The van der Waals surface area contributed by atoms with Gasteiger partial charge in [-0.05, 0) is 42.7 Å². The molecule has 3 aromatic rings. The van der Waals surface area contributed by atoms with Crippen molar-refractivity contribution in [3.05, 3.63) is 60.2 Å². The molecule has 2 heterocycles. The number of ether oxygens (including phenoxy) is 2. The van der Waals surface area contributed by atoms with Gasteiger partial charge in [0, 0.05) is 17.9 Å². The summed E-state index contributed by atoms with van der Waals surface area (Å²) in [6.45, 7) is 0.806. The van der Waals surface area contributed by atoms with Gasteiger partial charge in [0.15, 0.2) is 5.82 Å². The van der Waals surface area contributed by atoms with Gasteiger partial charge < -0.3 is 9.47 Å². The van der Waals surface area contributed by atoms with E-state index < -0.39 is 0 Å². The minimum atomic E-state index is -0.243. The third-order valence-corrected chi connectivity index (χ3v) is 5.72. The molecule has 0 radical (unpaired) electrons. The molecule has 1 saturated heterocycles. The maximum absolute atomic E-state index is 6.16. The summed E-state index contributed by atoms with van der Waals surface area (Å²) < 4.78 is 11.4. The predicted molar refractivity (Wildman–Crippen MR) is 102 cm³/mol. The van der Waals surface area contributed by atoms with Crippen molar-refractivity contribution in [2.45, 2.75) is 23.6 Å². The van der Waals surface area contributed by atoms with Gasteiger partial charge in [-0.1, -0.05) is 42.1 Å². The highest BCUT2D eigenvalue weighted by Gasteiger charge is 2.37. The summed E-state index contributed by atoms with van der Waals surface area (Å²) >= 11 is 1.63. The summed E-state index contributed by atoms with van der Waals surface area (Å²) in [5, 5.41) is 8.12. The fourth-order valence-electron chi connectivity index (χ4n) is 3.23. The van der Waals surface area contributed by atoms with E-state index >= 15 is 0 Å². The SMILES string of the molecule is COc1ccc(-c2nc(SCC3(c4ccccc4)CCCO3)n[nH]2)cc1. The van der Waals surface area contributed by atoms with E-state index in [9.17, 15) is 0 Å². The number of nitrogens with one attached hydrogen (secondary N) is 1. The second-order valence-electron chi connectivity index (χ2n) is 6.30. The lowest BCUT2D eigenvalue weighted by molar-refractivity contribution is 0.0211. The summed E-state index contributed by atoms with van der Waals surface area (Å²) in [6, 6.07) is 18.2. The molecule has 1 atom stereocenters. The van der Waals surface area contributed by atoms with E-state index in [1.807, 2.05) is 30.3 Å². The third kappa shape index (κ3) is 3.48. The number of rotatable bonds is 6. The van der Waals surface area contributed by atoms with Crippen LogP contribution in [-0.4, -0.2) is 34.7 Å². The molecular weight excluding hydrogens is 346 g/mol. The molecule has 0 amide bonds. The van der Waals surface area contributed by atoms with E-state index in [0.29, 0.717) is 0 Å². The fraction of sp³-hybridized carbons (Fsp3) is 0.300. The van der Waals surface area contributed by atoms with Gasteiger partial charge in [-0.2, -0.15) is 0 Å². The molecule has 1 aliphatic rings. The average Bonchev–Trinajstić information content (AvgIpc) is 3.38. The minimum Gasteiger partial charge on any atom is -0.497 e. The smallest absolute Gasteiger partial charge is 0.208 e. The van der Waals surface area contributed by atoms with Gasteiger partial charge in [0.2, 0.25) is 5.16 Å². The van der Waals surface area contributed by atoms with Crippen molar-refractivity contribution in [1.82, 2.24) is 15.2 Å². The Bertz CT molecular complexity index is 843. The Morgan fingerprint density at radius 2 is 1.96 bits per heavy atom. The van der Waals surface area contributed by atoms with Crippen molar-refractivity contribution in [2.24, 2.45) is 0 Å². The molecule has 0 aliphatic carbocycles. The highest BCUT2D eigenvalue weighted by molar-refractivity contribution is 7.99. The molecule has 0 bridgehead atoms. The molecule has 1 fully saturated rings. The summed E-state index contributed by atoms with van der Waals surface area (Å²) in [7, 11) is 1.66. The lowest BCUT2D eigenvalue weighted by Gasteiger charge is -2.28. The Morgan fingerprint density at radius 1 is 1.15 bits per heavy atom. The van der Waals surface area contributed by atoms with Crippen LogP contribution in [0.4, 0.5) is 0 Å². The van der Waals surface area contributed by atoms with E-state index in [4.69, 9.17) is 9.47 Å². The summed E-state index contributed by atoms with van der Waals surface area (Å²) in [5.74, 6) is 2.39. The van der Waals surface area contributed by atoms with Crippen LogP contribution < -0.4 is 4.74 Å².